The van der Waals surface area contributed by atoms with Gasteiger partial charge < -0.3 is 19.1 Å². The van der Waals surface area contributed by atoms with Gasteiger partial charge in [0.1, 0.15) is 18.2 Å². The number of fused-ring (bicyclic) bond motifs is 1. The predicted molar refractivity (Wildman–Crippen MR) is 158 cm³/mol. The molecule has 1 fully saturated rings. The monoisotopic (exact) mass is 563 g/mol. The molecule has 3 aromatic heterocycles. The van der Waals surface area contributed by atoms with E-state index in [4.69, 9.17) is 14.5 Å². The average Bonchev–Trinajstić information content (AvgIpc) is 3.38. The fourth-order valence-corrected chi connectivity index (χ4v) is 5.74. The number of carbonyl (C=O) groups is 1. The Kier molecular flexibility index (Phi) is 7.81. The van der Waals surface area contributed by atoms with Gasteiger partial charge in [0.15, 0.2) is 0 Å². The summed E-state index contributed by atoms with van der Waals surface area (Å²) in [6.07, 6.45) is 8.69. The summed E-state index contributed by atoms with van der Waals surface area (Å²) in [6.45, 7) is 2.89. The highest BCUT2D eigenvalue weighted by atomic mass is 16.5. The zero-order valence-corrected chi connectivity index (χ0v) is 23.7. The molecule has 0 bridgehead atoms. The highest BCUT2D eigenvalue weighted by Crippen LogP contribution is 2.39. The molecule has 0 spiro atoms. The molecular weight excluding hydrogens is 530 g/mol. The van der Waals surface area contributed by atoms with Crippen molar-refractivity contribution < 1.29 is 19.4 Å². The largest absolute Gasteiger partial charge is 0.487 e. The Labute approximate surface area is 244 Å². The molecule has 1 aliphatic rings. The number of aliphatic carboxylic acids is 1. The van der Waals surface area contributed by atoms with E-state index in [-0.39, 0.29) is 5.92 Å². The number of nitrogens with zero attached hydrogens (tertiary/aromatic N) is 5. The fraction of sp³-hybridized carbons (Fsp3) is 0.303. The molecule has 1 saturated carbocycles. The van der Waals surface area contributed by atoms with Crippen molar-refractivity contribution in [1.82, 2.24) is 24.5 Å². The van der Waals surface area contributed by atoms with Crippen molar-refractivity contribution in [3.05, 3.63) is 95.8 Å². The third kappa shape index (κ3) is 5.81. The third-order valence-corrected chi connectivity index (χ3v) is 7.94. The molecule has 1 N–H and O–H groups in total. The first kappa shape index (κ1) is 27.4. The van der Waals surface area contributed by atoms with Crippen LogP contribution in [0.4, 0.5) is 0 Å². The lowest BCUT2D eigenvalue weighted by molar-refractivity contribution is -0.143. The number of hydrogen-bond donors (Lipinski definition) is 1. The van der Waals surface area contributed by atoms with Gasteiger partial charge in [0, 0.05) is 42.7 Å². The number of rotatable bonds is 9. The predicted octanol–water partition coefficient (Wildman–Crippen LogP) is 6.19. The molecule has 3 heterocycles. The van der Waals surface area contributed by atoms with E-state index in [0.29, 0.717) is 31.3 Å². The van der Waals surface area contributed by atoms with E-state index in [1.165, 1.54) is 0 Å². The van der Waals surface area contributed by atoms with E-state index in [2.05, 4.69) is 31.7 Å². The Morgan fingerprint density at radius 1 is 0.976 bits per heavy atom. The molecule has 0 aliphatic heterocycles. The number of benzene rings is 2. The van der Waals surface area contributed by atoms with Gasteiger partial charge in [-0.3, -0.25) is 9.78 Å². The van der Waals surface area contributed by atoms with E-state index in [9.17, 15) is 9.90 Å². The SMILES string of the molecule is COc1ncc(-c2cccc(Cn3c([C@H]4CCCCC4C(=O)O)nc4ccc(OCc5ccc(C)cn5)cc43)c2)cn1. The summed E-state index contributed by atoms with van der Waals surface area (Å²) in [6, 6.07) is 18.4. The Balaban J connectivity index is 1.37. The van der Waals surface area contributed by atoms with Crippen molar-refractivity contribution in [3.8, 4) is 22.9 Å². The number of hydrogen-bond acceptors (Lipinski definition) is 7. The smallest absolute Gasteiger partial charge is 0.316 e. The van der Waals surface area contributed by atoms with E-state index >= 15 is 0 Å². The maximum atomic E-state index is 12.3. The van der Waals surface area contributed by atoms with E-state index in [1.807, 2.05) is 55.6 Å². The van der Waals surface area contributed by atoms with Crippen LogP contribution in [0.25, 0.3) is 22.2 Å². The maximum Gasteiger partial charge on any atom is 0.316 e. The van der Waals surface area contributed by atoms with Gasteiger partial charge in [-0.05, 0) is 60.7 Å². The zero-order chi connectivity index (χ0) is 29.1. The topological polar surface area (TPSA) is 112 Å². The Morgan fingerprint density at radius 3 is 2.57 bits per heavy atom. The van der Waals surface area contributed by atoms with Crippen LogP contribution in [-0.2, 0) is 17.9 Å². The standard InChI is InChI=1S/C33H33N5O4/c1-21-10-11-25(34-16-21)20-42-26-12-13-29-30(15-26)38(31(37-29)27-8-3-4-9-28(27)32(39)40)19-22-6-5-7-23(14-22)24-17-35-33(41-2)36-18-24/h5-7,10-18,27-28H,3-4,8-9,19-20H2,1-2H3,(H,39,40)/t27-,28?/m0/s1. The number of aryl methyl sites for hydroxylation is 1. The van der Waals surface area contributed by atoms with Gasteiger partial charge in [-0.2, -0.15) is 0 Å². The minimum atomic E-state index is -0.755. The van der Waals surface area contributed by atoms with Crippen LogP contribution in [0.1, 0.15) is 54.2 Å². The molecule has 0 radical (unpaired) electrons. The molecule has 1 unspecified atom stereocenters. The Morgan fingerprint density at radius 2 is 1.81 bits per heavy atom. The first-order valence-corrected chi connectivity index (χ1v) is 14.2. The van der Waals surface area contributed by atoms with Gasteiger partial charge in [0.2, 0.25) is 0 Å². The molecule has 214 valence electrons. The van der Waals surface area contributed by atoms with Crippen molar-refractivity contribution in [2.24, 2.45) is 5.92 Å². The first-order chi connectivity index (χ1) is 20.5. The number of pyridine rings is 1. The van der Waals surface area contributed by atoms with Crippen molar-refractivity contribution in [2.75, 3.05) is 7.11 Å². The van der Waals surface area contributed by atoms with E-state index in [1.54, 1.807) is 19.5 Å². The zero-order valence-electron chi connectivity index (χ0n) is 23.7. The van der Waals surface area contributed by atoms with Crippen LogP contribution in [0.5, 0.6) is 11.8 Å². The van der Waals surface area contributed by atoms with Crippen LogP contribution in [0.3, 0.4) is 0 Å². The number of aromatic nitrogens is 5. The number of methoxy groups -OCH3 is 1. The lowest BCUT2D eigenvalue weighted by atomic mass is 9.78. The van der Waals surface area contributed by atoms with Crippen molar-refractivity contribution in [3.63, 3.8) is 0 Å². The molecule has 2 aromatic carbocycles. The molecule has 0 amide bonds. The molecule has 5 aromatic rings. The lowest BCUT2D eigenvalue weighted by Gasteiger charge is -2.28. The normalized spacial score (nSPS) is 16.8. The lowest BCUT2D eigenvalue weighted by Crippen LogP contribution is -2.27. The van der Waals surface area contributed by atoms with Crippen LogP contribution in [0.15, 0.2) is 73.2 Å². The van der Waals surface area contributed by atoms with Gasteiger partial charge in [0.05, 0.1) is 29.8 Å². The minimum Gasteiger partial charge on any atom is -0.487 e. The summed E-state index contributed by atoms with van der Waals surface area (Å²) in [7, 11) is 1.54. The molecule has 0 saturated heterocycles. The molecule has 9 heteroatoms. The number of ether oxygens (including phenoxy) is 2. The Hall–Kier alpha value is -4.79. The Bertz CT molecular complexity index is 1700. The molecule has 42 heavy (non-hydrogen) atoms. The summed E-state index contributed by atoms with van der Waals surface area (Å²) in [4.78, 5) is 30.3. The number of carboxylic acid groups (broad SMARTS) is 1. The second-order valence-corrected chi connectivity index (χ2v) is 10.8. The van der Waals surface area contributed by atoms with Gasteiger partial charge in [-0.25, -0.2) is 15.0 Å². The van der Waals surface area contributed by atoms with E-state index < -0.39 is 11.9 Å². The van der Waals surface area contributed by atoms with Gasteiger partial charge >= 0.3 is 12.0 Å². The van der Waals surface area contributed by atoms with Crippen LogP contribution in [0, 0.1) is 12.8 Å². The summed E-state index contributed by atoms with van der Waals surface area (Å²) < 4.78 is 13.4. The van der Waals surface area contributed by atoms with E-state index in [0.717, 1.165) is 64.1 Å². The van der Waals surface area contributed by atoms with Crippen molar-refractivity contribution in [2.45, 2.75) is 51.7 Å². The summed E-state index contributed by atoms with van der Waals surface area (Å²) in [5, 5.41) is 10.1. The van der Waals surface area contributed by atoms with Crippen LogP contribution in [0.2, 0.25) is 0 Å². The quantitative estimate of drug-likeness (QED) is 0.226. The van der Waals surface area contributed by atoms with Gasteiger partial charge in [-0.1, -0.05) is 37.1 Å². The van der Waals surface area contributed by atoms with Crippen LogP contribution in [-0.4, -0.2) is 42.7 Å². The third-order valence-electron chi connectivity index (χ3n) is 7.94. The molecule has 9 nitrogen and oxygen atoms in total. The average molecular weight is 564 g/mol. The second kappa shape index (κ2) is 12.0. The first-order valence-electron chi connectivity index (χ1n) is 14.2. The van der Waals surface area contributed by atoms with Gasteiger partial charge in [0.25, 0.3) is 0 Å². The minimum absolute atomic E-state index is 0.164. The van der Waals surface area contributed by atoms with Crippen LogP contribution < -0.4 is 9.47 Å². The molecule has 1 aliphatic carbocycles. The van der Waals surface area contributed by atoms with Crippen molar-refractivity contribution in [1.29, 1.82) is 0 Å². The summed E-state index contributed by atoms with van der Waals surface area (Å²) in [5.74, 6) is 0.144. The molecule has 6 rings (SSSR count). The highest BCUT2D eigenvalue weighted by Gasteiger charge is 2.35. The summed E-state index contributed by atoms with van der Waals surface area (Å²) >= 11 is 0. The van der Waals surface area contributed by atoms with Gasteiger partial charge in [-0.15, -0.1) is 0 Å². The highest BCUT2D eigenvalue weighted by molar-refractivity contribution is 5.79. The van der Waals surface area contributed by atoms with Crippen molar-refractivity contribution >= 4 is 17.0 Å². The second-order valence-electron chi connectivity index (χ2n) is 10.8. The number of imidazole rings is 1. The fourth-order valence-electron chi connectivity index (χ4n) is 5.74. The molecule has 2 atom stereocenters. The van der Waals surface area contributed by atoms with Crippen LogP contribution >= 0.6 is 0 Å². The number of carboxylic acids is 1. The molecular formula is C33H33N5O4. The maximum absolute atomic E-state index is 12.3. The summed E-state index contributed by atoms with van der Waals surface area (Å²) in [5.41, 5.74) is 6.60.